The summed E-state index contributed by atoms with van der Waals surface area (Å²) in [5.41, 5.74) is 4.30. The van der Waals surface area contributed by atoms with Crippen LogP contribution in [0.4, 0.5) is 0 Å². The first-order valence-electron chi connectivity index (χ1n) is 6.01. The third kappa shape index (κ3) is 2.76. The summed E-state index contributed by atoms with van der Waals surface area (Å²) in [5, 5.41) is 9.09. The van der Waals surface area contributed by atoms with E-state index >= 15 is 0 Å². The summed E-state index contributed by atoms with van der Waals surface area (Å²) in [6.45, 7) is 4.04. The largest absolute Gasteiger partial charge is 0.496 e. The van der Waals surface area contributed by atoms with Gasteiger partial charge in [-0.2, -0.15) is 0 Å². The fourth-order valence-corrected chi connectivity index (χ4v) is 2.20. The summed E-state index contributed by atoms with van der Waals surface area (Å²) in [6, 6.07) is 11.0. The Morgan fingerprint density at radius 1 is 1.05 bits per heavy atom. The van der Waals surface area contributed by atoms with Crippen LogP contribution < -0.4 is 4.74 Å². The Kier molecular flexibility index (Phi) is 3.56. The number of aryl methyl sites for hydroxylation is 2. The van der Waals surface area contributed by atoms with Crippen molar-refractivity contribution in [3.8, 4) is 16.9 Å². The summed E-state index contributed by atoms with van der Waals surface area (Å²) in [4.78, 5) is 11.1. The van der Waals surface area contributed by atoms with E-state index in [1.807, 2.05) is 26.0 Å². The van der Waals surface area contributed by atoms with E-state index in [9.17, 15) is 4.79 Å². The predicted octanol–water partition coefficient (Wildman–Crippen LogP) is 3.68. The number of methoxy groups -OCH3 is 1. The number of benzene rings is 2. The Balaban J connectivity index is 2.64. The first-order chi connectivity index (χ1) is 9.01. The van der Waals surface area contributed by atoms with Crippen LogP contribution in [0.15, 0.2) is 36.4 Å². The molecule has 0 atom stereocenters. The van der Waals surface area contributed by atoms with Crippen molar-refractivity contribution >= 4 is 5.97 Å². The molecular formula is C16H16O3. The lowest BCUT2D eigenvalue weighted by atomic mass is 9.98. The van der Waals surface area contributed by atoms with Gasteiger partial charge in [0.05, 0.1) is 12.7 Å². The zero-order valence-corrected chi connectivity index (χ0v) is 11.2. The number of aromatic carboxylic acids is 1. The van der Waals surface area contributed by atoms with Gasteiger partial charge in [0, 0.05) is 5.56 Å². The highest BCUT2D eigenvalue weighted by molar-refractivity contribution is 5.90. The molecule has 19 heavy (non-hydrogen) atoms. The summed E-state index contributed by atoms with van der Waals surface area (Å²) in [6.07, 6.45) is 0. The van der Waals surface area contributed by atoms with Gasteiger partial charge < -0.3 is 9.84 Å². The van der Waals surface area contributed by atoms with Crippen molar-refractivity contribution in [1.29, 1.82) is 0 Å². The van der Waals surface area contributed by atoms with Crippen molar-refractivity contribution < 1.29 is 14.6 Å². The van der Waals surface area contributed by atoms with E-state index in [-0.39, 0.29) is 5.56 Å². The Bertz CT molecular complexity index is 610. The smallest absolute Gasteiger partial charge is 0.335 e. The molecule has 0 aliphatic rings. The monoisotopic (exact) mass is 256 g/mol. The van der Waals surface area contributed by atoms with Crippen molar-refractivity contribution in [1.82, 2.24) is 0 Å². The van der Waals surface area contributed by atoms with Crippen LogP contribution in [0.2, 0.25) is 0 Å². The molecule has 0 heterocycles. The number of hydrogen-bond acceptors (Lipinski definition) is 2. The van der Waals surface area contributed by atoms with Gasteiger partial charge in [0.15, 0.2) is 0 Å². The lowest BCUT2D eigenvalue weighted by Crippen LogP contribution is -1.98. The van der Waals surface area contributed by atoms with E-state index < -0.39 is 5.97 Å². The van der Waals surface area contributed by atoms with Crippen LogP contribution in [0, 0.1) is 13.8 Å². The minimum Gasteiger partial charge on any atom is -0.496 e. The number of rotatable bonds is 3. The molecule has 98 valence electrons. The van der Waals surface area contributed by atoms with Crippen LogP contribution in [0.25, 0.3) is 11.1 Å². The SMILES string of the molecule is COc1ccc(C(=O)O)cc1-c1cc(C)cc(C)c1. The molecule has 1 N–H and O–H groups in total. The van der Waals surface area contributed by atoms with Gasteiger partial charge in [0.25, 0.3) is 0 Å². The molecule has 0 radical (unpaired) electrons. The minimum absolute atomic E-state index is 0.259. The third-order valence-electron chi connectivity index (χ3n) is 2.98. The lowest BCUT2D eigenvalue weighted by Gasteiger charge is -2.11. The normalized spacial score (nSPS) is 10.3. The maximum atomic E-state index is 11.1. The van der Waals surface area contributed by atoms with Gasteiger partial charge in [-0.15, -0.1) is 0 Å². The van der Waals surface area contributed by atoms with Crippen LogP contribution in [-0.4, -0.2) is 18.2 Å². The molecule has 0 saturated heterocycles. The lowest BCUT2D eigenvalue weighted by molar-refractivity contribution is 0.0697. The highest BCUT2D eigenvalue weighted by Gasteiger charge is 2.11. The first kappa shape index (κ1) is 13.1. The molecule has 2 aromatic rings. The van der Waals surface area contributed by atoms with Gasteiger partial charge in [-0.25, -0.2) is 4.79 Å². The maximum absolute atomic E-state index is 11.1. The van der Waals surface area contributed by atoms with E-state index in [1.54, 1.807) is 25.3 Å². The van der Waals surface area contributed by atoms with Gasteiger partial charge in [0.2, 0.25) is 0 Å². The van der Waals surface area contributed by atoms with E-state index in [0.717, 1.165) is 22.3 Å². The zero-order chi connectivity index (χ0) is 14.0. The van der Waals surface area contributed by atoms with Gasteiger partial charge in [-0.3, -0.25) is 0 Å². The number of carboxylic acid groups (broad SMARTS) is 1. The summed E-state index contributed by atoms with van der Waals surface area (Å²) in [5.74, 6) is -0.261. The van der Waals surface area contributed by atoms with Gasteiger partial charge in [0.1, 0.15) is 5.75 Å². The van der Waals surface area contributed by atoms with Gasteiger partial charge in [-0.05, 0) is 37.6 Å². The van der Waals surface area contributed by atoms with Crippen LogP contribution in [0.1, 0.15) is 21.5 Å². The molecular weight excluding hydrogens is 240 g/mol. The second kappa shape index (κ2) is 5.14. The fourth-order valence-electron chi connectivity index (χ4n) is 2.20. The van der Waals surface area contributed by atoms with Gasteiger partial charge in [-0.1, -0.05) is 29.3 Å². The molecule has 2 rings (SSSR count). The van der Waals surface area contributed by atoms with Crippen LogP contribution in [-0.2, 0) is 0 Å². The van der Waals surface area contributed by atoms with Gasteiger partial charge >= 0.3 is 5.97 Å². The highest BCUT2D eigenvalue weighted by Crippen LogP contribution is 2.32. The van der Waals surface area contributed by atoms with E-state index in [1.165, 1.54) is 0 Å². The Hall–Kier alpha value is -2.29. The quantitative estimate of drug-likeness (QED) is 0.911. The van der Waals surface area contributed by atoms with Crippen LogP contribution in [0.3, 0.4) is 0 Å². The molecule has 0 aliphatic carbocycles. The van der Waals surface area contributed by atoms with E-state index in [4.69, 9.17) is 9.84 Å². The van der Waals surface area contributed by atoms with E-state index in [2.05, 4.69) is 6.07 Å². The average Bonchev–Trinajstić information content (AvgIpc) is 2.36. The second-order valence-electron chi connectivity index (χ2n) is 4.60. The van der Waals surface area contributed by atoms with Crippen molar-refractivity contribution in [3.05, 3.63) is 53.1 Å². The Morgan fingerprint density at radius 3 is 2.21 bits per heavy atom. The Morgan fingerprint density at radius 2 is 1.68 bits per heavy atom. The molecule has 0 unspecified atom stereocenters. The molecule has 0 saturated carbocycles. The molecule has 3 nitrogen and oxygen atoms in total. The number of hydrogen-bond donors (Lipinski definition) is 1. The standard InChI is InChI=1S/C16H16O3/c1-10-6-11(2)8-13(7-10)14-9-12(16(17)18)4-5-15(14)19-3/h4-9H,1-3H3,(H,17,18). The Labute approximate surface area is 112 Å². The molecule has 0 spiro atoms. The zero-order valence-electron chi connectivity index (χ0n) is 11.2. The molecule has 0 bridgehead atoms. The van der Waals surface area contributed by atoms with Crippen molar-refractivity contribution in [3.63, 3.8) is 0 Å². The molecule has 0 fully saturated rings. The summed E-state index contributed by atoms with van der Waals surface area (Å²) in [7, 11) is 1.59. The minimum atomic E-state index is -0.937. The number of carboxylic acids is 1. The predicted molar refractivity (Wildman–Crippen MR) is 74.9 cm³/mol. The third-order valence-corrected chi connectivity index (χ3v) is 2.98. The van der Waals surface area contributed by atoms with Crippen molar-refractivity contribution in [2.75, 3.05) is 7.11 Å². The number of ether oxygens (including phenoxy) is 1. The number of carbonyl (C=O) groups is 1. The summed E-state index contributed by atoms with van der Waals surface area (Å²) < 4.78 is 5.32. The van der Waals surface area contributed by atoms with Crippen LogP contribution in [0.5, 0.6) is 5.75 Å². The second-order valence-corrected chi connectivity index (χ2v) is 4.60. The van der Waals surface area contributed by atoms with Crippen molar-refractivity contribution in [2.45, 2.75) is 13.8 Å². The molecule has 3 heteroatoms. The fraction of sp³-hybridized carbons (Fsp3) is 0.188. The summed E-state index contributed by atoms with van der Waals surface area (Å²) >= 11 is 0. The topological polar surface area (TPSA) is 46.5 Å². The molecule has 2 aromatic carbocycles. The maximum Gasteiger partial charge on any atom is 0.335 e. The average molecular weight is 256 g/mol. The molecule has 0 aromatic heterocycles. The molecule has 0 aliphatic heterocycles. The van der Waals surface area contributed by atoms with Crippen LogP contribution >= 0.6 is 0 Å². The van der Waals surface area contributed by atoms with E-state index in [0.29, 0.717) is 5.75 Å². The first-order valence-corrected chi connectivity index (χ1v) is 6.01. The highest BCUT2D eigenvalue weighted by atomic mass is 16.5. The van der Waals surface area contributed by atoms with Crippen molar-refractivity contribution in [2.24, 2.45) is 0 Å². The molecule has 0 amide bonds.